The third-order valence-electron chi connectivity index (χ3n) is 3.29. The number of aliphatic hydroxyl groups excluding tert-OH is 1. The molecule has 1 atom stereocenters. The first-order chi connectivity index (χ1) is 9.61. The van der Waals surface area contributed by atoms with Crippen LogP contribution in [0.4, 0.5) is 4.39 Å². The van der Waals surface area contributed by atoms with Gasteiger partial charge < -0.3 is 5.11 Å². The lowest BCUT2D eigenvalue weighted by molar-refractivity contribution is 0.171. The van der Waals surface area contributed by atoms with Crippen LogP contribution in [0.15, 0.2) is 36.7 Å². The summed E-state index contributed by atoms with van der Waals surface area (Å²) in [6, 6.07) is 6.64. The van der Waals surface area contributed by atoms with E-state index in [4.69, 9.17) is 0 Å². The lowest BCUT2D eigenvalue weighted by atomic mass is 10.1. The average molecular weight is 290 g/mol. The minimum atomic E-state index is -0.518. The summed E-state index contributed by atoms with van der Waals surface area (Å²) in [5.74, 6) is -0.240. The highest BCUT2D eigenvalue weighted by molar-refractivity contribution is 7.19. The molecule has 0 amide bonds. The van der Waals surface area contributed by atoms with Crippen molar-refractivity contribution in [1.29, 1.82) is 0 Å². The second kappa shape index (κ2) is 5.34. The molecule has 3 rings (SSSR count). The third kappa shape index (κ3) is 2.73. The Bertz CT molecular complexity index is 734. The number of thiophene rings is 1. The maximum Gasteiger partial charge on any atom is 0.124 e. The molecular weight excluding hydrogens is 275 g/mol. The van der Waals surface area contributed by atoms with E-state index < -0.39 is 6.10 Å². The second-order valence-corrected chi connectivity index (χ2v) is 6.02. The molecule has 0 aliphatic heterocycles. The molecule has 2 aromatic heterocycles. The van der Waals surface area contributed by atoms with Gasteiger partial charge in [0.2, 0.25) is 0 Å². The molecule has 1 aromatic carbocycles. The molecule has 1 unspecified atom stereocenters. The van der Waals surface area contributed by atoms with Gasteiger partial charge in [-0.05, 0) is 42.0 Å². The molecule has 104 valence electrons. The van der Waals surface area contributed by atoms with Crippen LogP contribution in [0.25, 0.3) is 10.1 Å². The van der Waals surface area contributed by atoms with Crippen molar-refractivity contribution in [3.63, 3.8) is 0 Å². The number of nitrogens with zero attached hydrogens (tertiary/aromatic N) is 2. The van der Waals surface area contributed by atoms with Crippen LogP contribution in [0.1, 0.15) is 23.0 Å². The van der Waals surface area contributed by atoms with Gasteiger partial charge in [0, 0.05) is 22.8 Å². The fraction of sp³-hybridized carbons (Fsp3) is 0.267. The van der Waals surface area contributed by atoms with Crippen molar-refractivity contribution in [2.24, 2.45) is 7.05 Å². The van der Waals surface area contributed by atoms with E-state index in [9.17, 15) is 9.50 Å². The van der Waals surface area contributed by atoms with E-state index in [1.54, 1.807) is 10.7 Å². The van der Waals surface area contributed by atoms with Crippen molar-refractivity contribution < 1.29 is 9.50 Å². The molecule has 5 heteroatoms. The SMILES string of the molecule is Cn1cc(CCC(O)c2cc3ccc(F)cc3s2)cn1. The number of benzene rings is 1. The zero-order valence-corrected chi connectivity index (χ0v) is 11.9. The number of aromatic nitrogens is 2. The summed E-state index contributed by atoms with van der Waals surface area (Å²) in [7, 11) is 1.88. The lowest BCUT2D eigenvalue weighted by Crippen LogP contribution is -1.96. The van der Waals surface area contributed by atoms with Gasteiger partial charge in [0.05, 0.1) is 12.3 Å². The minimum absolute atomic E-state index is 0.240. The summed E-state index contributed by atoms with van der Waals surface area (Å²) < 4.78 is 15.8. The molecule has 3 nitrogen and oxygen atoms in total. The van der Waals surface area contributed by atoms with E-state index in [0.717, 1.165) is 26.9 Å². The van der Waals surface area contributed by atoms with E-state index in [1.165, 1.54) is 23.5 Å². The Hall–Kier alpha value is -1.72. The molecule has 20 heavy (non-hydrogen) atoms. The van der Waals surface area contributed by atoms with Crippen LogP contribution < -0.4 is 0 Å². The second-order valence-electron chi connectivity index (χ2n) is 4.91. The number of aliphatic hydroxyl groups is 1. The topological polar surface area (TPSA) is 38.0 Å². The average Bonchev–Trinajstić information content (AvgIpc) is 3.01. The summed E-state index contributed by atoms with van der Waals surface area (Å²) in [6.45, 7) is 0. The van der Waals surface area contributed by atoms with Gasteiger partial charge in [0.15, 0.2) is 0 Å². The largest absolute Gasteiger partial charge is 0.388 e. The van der Waals surface area contributed by atoms with Crippen LogP contribution >= 0.6 is 11.3 Å². The van der Waals surface area contributed by atoms with Gasteiger partial charge in [0.25, 0.3) is 0 Å². The first-order valence-electron chi connectivity index (χ1n) is 6.46. The zero-order valence-electron chi connectivity index (χ0n) is 11.1. The Balaban J connectivity index is 1.73. The Morgan fingerprint density at radius 1 is 1.40 bits per heavy atom. The summed E-state index contributed by atoms with van der Waals surface area (Å²) in [5.41, 5.74) is 1.11. The van der Waals surface area contributed by atoms with Crippen molar-refractivity contribution in [1.82, 2.24) is 9.78 Å². The highest BCUT2D eigenvalue weighted by atomic mass is 32.1. The Labute approximate surface area is 120 Å². The normalized spacial score (nSPS) is 12.9. The monoisotopic (exact) mass is 290 g/mol. The van der Waals surface area contributed by atoms with Crippen LogP contribution in [0.3, 0.4) is 0 Å². The van der Waals surface area contributed by atoms with Crippen molar-refractivity contribution >= 4 is 21.4 Å². The van der Waals surface area contributed by atoms with E-state index in [-0.39, 0.29) is 5.82 Å². The van der Waals surface area contributed by atoms with E-state index >= 15 is 0 Å². The molecule has 0 aliphatic carbocycles. The number of hydrogen-bond donors (Lipinski definition) is 1. The van der Waals surface area contributed by atoms with Gasteiger partial charge in [-0.1, -0.05) is 6.07 Å². The Morgan fingerprint density at radius 3 is 3.00 bits per heavy atom. The molecule has 0 saturated carbocycles. The first-order valence-corrected chi connectivity index (χ1v) is 7.28. The number of fused-ring (bicyclic) bond motifs is 1. The molecule has 0 aliphatic rings. The summed E-state index contributed by atoms with van der Waals surface area (Å²) >= 11 is 1.45. The number of rotatable bonds is 4. The molecule has 0 saturated heterocycles. The highest BCUT2D eigenvalue weighted by Crippen LogP contribution is 2.32. The fourth-order valence-electron chi connectivity index (χ4n) is 2.24. The third-order valence-corrected chi connectivity index (χ3v) is 4.49. The molecule has 1 N–H and O–H groups in total. The van der Waals surface area contributed by atoms with E-state index in [2.05, 4.69) is 5.10 Å². The summed E-state index contributed by atoms with van der Waals surface area (Å²) in [6.07, 6.45) is 4.66. The van der Waals surface area contributed by atoms with Crippen LogP contribution in [0.5, 0.6) is 0 Å². The standard InChI is InChI=1S/C15H15FN2OS/c1-18-9-10(8-17-18)2-5-13(19)15-6-11-3-4-12(16)7-14(11)20-15/h3-4,6-9,13,19H,2,5H2,1H3. The van der Waals surface area contributed by atoms with Gasteiger partial charge in [-0.2, -0.15) is 5.10 Å². The summed E-state index contributed by atoms with van der Waals surface area (Å²) in [5, 5.41) is 15.3. The summed E-state index contributed by atoms with van der Waals surface area (Å²) in [4.78, 5) is 0.884. The molecule has 0 spiro atoms. The maximum absolute atomic E-state index is 13.2. The number of halogens is 1. The minimum Gasteiger partial charge on any atom is -0.388 e. The first kappa shape index (κ1) is 13.3. The number of hydrogen-bond acceptors (Lipinski definition) is 3. The lowest BCUT2D eigenvalue weighted by Gasteiger charge is -2.06. The van der Waals surface area contributed by atoms with Gasteiger partial charge in [-0.3, -0.25) is 4.68 Å². The van der Waals surface area contributed by atoms with E-state index in [0.29, 0.717) is 6.42 Å². The highest BCUT2D eigenvalue weighted by Gasteiger charge is 2.12. The predicted octanol–water partition coefficient (Wildman–Crippen LogP) is 3.44. The smallest absolute Gasteiger partial charge is 0.124 e. The van der Waals surface area contributed by atoms with Crippen LogP contribution in [0, 0.1) is 5.82 Å². The van der Waals surface area contributed by atoms with Gasteiger partial charge in [-0.15, -0.1) is 11.3 Å². The van der Waals surface area contributed by atoms with Crippen molar-refractivity contribution in [2.75, 3.05) is 0 Å². The number of aryl methyl sites for hydroxylation is 2. The molecular formula is C15H15FN2OS. The van der Waals surface area contributed by atoms with Gasteiger partial charge >= 0.3 is 0 Å². The van der Waals surface area contributed by atoms with Gasteiger partial charge in [0.1, 0.15) is 5.82 Å². The maximum atomic E-state index is 13.2. The van der Waals surface area contributed by atoms with Crippen molar-refractivity contribution in [3.05, 3.63) is 52.9 Å². The van der Waals surface area contributed by atoms with Gasteiger partial charge in [-0.25, -0.2) is 4.39 Å². The fourth-order valence-corrected chi connectivity index (χ4v) is 3.35. The Morgan fingerprint density at radius 2 is 2.25 bits per heavy atom. The predicted molar refractivity (Wildman–Crippen MR) is 78.3 cm³/mol. The van der Waals surface area contributed by atoms with Crippen LogP contribution in [-0.4, -0.2) is 14.9 Å². The van der Waals surface area contributed by atoms with Crippen molar-refractivity contribution in [3.8, 4) is 0 Å². The van der Waals surface area contributed by atoms with Crippen LogP contribution in [-0.2, 0) is 13.5 Å². The molecule has 0 bridgehead atoms. The zero-order chi connectivity index (χ0) is 14.1. The van der Waals surface area contributed by atoms with Crippen LogP contribution in [0.2, 0.25) is 0 Å². The molecule has 2 heterocycles. The molecule has 0 fully saturated rings. The van der Waals surface area contributed by atoms with Crippen molar-refractivity contribution in [2.45, 2.75) is 18.9 Å². The quantitative estimate of drug-likeness (QED) is 0.799. The molecule has 3 aromatic rings. The Kier molecular flexibility index (Phi) is 3.54. The molecule has 0 radical (unpaired) electrons. The van der Waals surface area contributed by atoms with E-state index in [1.807, 2.05) is 25.5 Å².